The maximum Gasteiger partial charge on any atom is 0.357 e. The molecule has 0 aliphatic carbocycles. The first kappa shape index (κ1) is 18.1. The molecule has 4 rings (SSSR count). The first-order chi connectivity index (χ1) is 13.1. The van der Waals surface area contributed by atoms with Crippen LogP contribution >= 0.6 is 23.4 Å². The number of nitrogens with two attached hydrogens (primary N) is 1. The van der Waals surface area contributed by atoms with Crippen molar-refractivity contribution in [1.29, 1.82) is 0 Å². The lowest BCUT2D eigenvalue weighted by Crippen LogP contribution is -2.68. The lowest BCUT2D eigenvalue weighted by molar-refractivity contribution is -0.152. The summed E-state index contributed by atoms with van der Waals surface area (Å²) in [5.74, 6) is -0.508. The van der Waals surface area contributed by atoms with Gasteiger partial charge in [0.05, 0.1) is 5.03 Å². The summed E-state index contributed by atoms with van der Waals surface area (Å²) in [6.45, 7) is 0. The molecule has 27 heavy (non-hydrogen) atoms. The Hall–Kier alpha value is -2.28. The molecule has 0 spiro atoms. The highest BCUT2D eigenvalue weighted by Gasteiger charge is 2.52. The van der Waals surface area contributed by atoms with Crippen molar-refractivity contribution in [2.45, 2.75) is 17.5 Å². The number of hydrogen-bond donors (Lipinski definition) is 1. The smallest absolute Gasteiger partial charge is 0.357 e. The molecule has 2 atom stereocenters. The molecule has 1 unspecified atom stereocenters. The van der Waals surface area contributed by atoms with Crippen LogP contribution in [0.15, 0.2) is 71.4 Å². The first-order valence-electron chi connectivity index (χ1n) is 8.47. The van der Waals surface area contributed by atoms with Crippen LogP contribution in [0.5, 0.6) is 0 Å². The Balaban J connectivity index is 1.65. The zero-order chi connectivity index (χ0) is 19.0. The van der Waals surface area contributed by atoms with E-state index in [9.17, 15) is 9.59 Å². The molecule has 2 aromatic rings. The molecule has 0 bridgehead atoms. The Labute approximate surface area is 166 Å². The van der Waals surface area contributed by atoms with E-state index in [-0.39, 0.29) is 17.0 Å². The second kappa shape index (κ2) is 7.38. The molecule has 1 amide bonds. The van der Waals surface area contributed by atoms with Crippen LogP contribution in [-0.2, 0) is 14.3 Å². The van der Waals surface area contributed by atoms with Crippen molar-refractivity contribution < 1.29 is 14.3 Å². The number of nitrogens with zero attached hydrogens (tertiary/aromatic N) is 1. The summed E-state index contributed by atoms with van der Waals surface area (Å²) in [7, 11) is 0. The summed E-state index contributed by atoms with van der Waals surface area (Å²) < 4.78 is 5.84. The zero-order valence-electron chi connectivity index (χ0n) is 14.2. The van der Waals surface area contributed by atoms with Gasteiger partial charge in [-0.25, -0.2) is 4.79 Å². The van der Waals surface area contributed by atoms with Crippen molar-refractivity contribution in [1.82, 2.24) is 4.90 Å². The number of benzene rings is 2. The standard InChI is InChI=1S/C20H17ClN2O3S/c21-14-11-27-19-15(22)18(24)23(19)16(14)20(25)26-17(12-7-3-1-4-8-12)13-9-5-2-6-10-13/h1-10,15,17,19H,11,22H2/t15?,19-/m1/s1. The third-order valence-corrected chi connectivity index (χ3v) is 6.36. The molecule has 7 heteroatoms. The van der Waals surface area contributed by atoms with E-state index in [1.807, 2.05) is 60.7 Å². The molecule has 2 heterocycles. The van der Waals surface area contributed by atoms with E-state index in [0.29, 0.717) is 10.8 Å². The average Bonchev–Trinajstić information content (AvgIpc) is 2.72. The van der Waals surface area contributed by atoms with Crippen molar-refractivity contribution in [3.05, 3.63) is 82.5 Å². The van der Waals surface area contributed by atoms with E-state index in [1.54, 1.807) is 0 Å². The molecule has 1 saturated heterocycles. The van der Waals surface area contributed by atoms with Gasteiger partial charge in [0.15, 0.2) is 6.10 Å². The highest BCUT2D eigenvalue weighted by Crippen LogP contribution is 2.41. The lowest BCUT2D eigenvalue weighted by Gasteiger charge is -2.47. The summed E-state index contributed by atoms with van der Waals surface area (Å²) >= 11 is 7.73. The number of fused-ring (bicyclic) bond motifs is 1. The normalized spacial score (nSPS) is 21.7. The first-order valence-corrected chi connectivity index (χ1v) is 9.90. The highest BCUT2D eigenvalue weighted by atomic mass is 35.5. The minimum Gasteiger partial charge on any atom is -0.448 e. The van der Waals surface area contributed by atoms with Crippen LogP contribution < -0.4 is 5.73 Å². The second-order valence-corrected chi connectivity index (χ2v) is 7.86. The number of carbonyl (C=O) groups is 2. The molecule has 2 aliphatic heterocycles. The molecule has 138 valence electrons. The van der Waals surface area contributed by atoms with Crippen LogP contribution in [-0.4, -0.2) is 33.9 Å². The Morgan fingerprint density at radius 2 is 1.67 bits per heavy atom. The monoisotopic (exact) mass is 400 g/mol. The summed E-state index contributed by atoms with van der Waals surface area (Å²) in [6.07, 6.45) is -0.602. The van der Waals surface area contributed by atoms with E-state index in [4.69, 9.17) is 22.1 Å². The summed E-state index contributed by atoms with van der Waals surface area (Å²) in [5, 5.41) is 0.0378. The van der Waals surface area contributed by atoms with Crippen LogP contribution in [0.2, 0.25) is 0 Å². The topological polar surface area (TPSA) is 72.6 Å². The van der Waals surface area contributed by atoms with Gasteiger partial charge in [-0.2, -0.15) is 0 Å². The summed E-state index contributed by atoms with van der Waals surface area (Å²) in [4.78, 5) is 26.5. The molecule has 0 radical (unpaired) electrons. The number of carbonyl (C=O) groups excluding carboxylic acids is 2. The zero-order valence-corrected chi connectivity index (χ0v) is 15.8. The van der Waals surface area contributed by atoms with Gasteiger partial charge >= 0.3 is 5.97 Å². The lowest BCUT2D eigenvalue weighted by atomic mass is 10.0. The van der Waals surface area contributed by atoms with Gasteiger partial charge < -0.3 is 10.5 Å². The highest BCUT2D eigenvalue weighted by molar-refractivity contribution is 8.00. The number of ether oxygens (including phenoxy) is 1. The van der Waals surface area contributed by atoms with Gasteiger partial charge in [0.1, 0.15) is 17.1 Å². The number of β-lactam (4-membered cyclic amide) rings is 1. The maximum atomic E-state index is 13.0. The Morgan fingerprint density at radius 1 is 1.11 bits per heavy atom. The van der Waals surface area contributed by atoms with Crippen molar-refractivity contribution in [3.8, 4) is 0 Å². The van der Waals surface area contributed by atoms with Crippen LogP contribution in [0.4, 0.5) is 0 Å². The average molecular weight is 401 g/mol. The number of halogens is 1. The quantitative estimate of drug-likeness (QED) is 0.631. The fourth-order valence-electron chi connectivity index (χ4n) is 3.22. The molecule has 2 aliphatic rings. The van der Waals surface area contributed by atoms with E-state index >= 15 is 0 Å². The van der Waals surface area contributed by atoms with E-state index in [0.717, 1.165) is 11.1 Å². The summed E-state index contributed by atoms with van der Waals surface area (Å²) in [5.41, 5.74) is 7.61. The van der Waals surface area contributed by atoms with Gasteiger partial charge in [-0.15, -0.1) is 11.8 Å². The van der Waals surface area contributed by atoms with Crippen molar-refractivity contribution in [2.24, 2.45) is 5.73 Å². The number of amides is 1. The van der Waals surface area contributed by atoms with E-state index in [2.05, 4.69) is 0 Å². The van der Waals surface area contributed by atoms with Gasteiger partial charge in [0.25, 0.3) is 0 Å². The van der Waals surface area contributed by atoms with Crippen LogP contribution in [0.3, 0.4) is 0 Å². The number of thioether (sulfide) groups is 1. The third kappa shape index (κ3) is 3.25. The summed E-state index contributed by atoms with van der Waals surface area (Å²) in [6, 6.07) is 18.3. The van der Waals surface area contributed by atoms with Crippen molar-refractivity contribution in [2.75, 3.05) is 5.75 Å². The van der Waals surface area contributed by atoms with E-state index in [1.165, 1.54) is 16.7 Å². The van der Waals surface area contributed by atoms with Gasteiger partial charge in [0, 0.05) is 5.75 Å². The predicted octanol–water partition coefficient (Wildman–Crippen LogP) is 3.01. The van der Waals surface area contributed by atoms with Crippen LogP contribution in [0, 0.1) is 0 Å². The molecule has 1 fully saturated rings. The van der Waals surface area contributed by atoms with Gasteiger partial charge in [-0.05, 0) is 11.1 Å². The van der Waals surface area contributed by atoms with Gasteiger partial charge in [0.2, 0.25) is 5.91 Å². The minimum absolute atomic E-state index is 0.101. The van der Waals surface area contributed by atoms with E-state index < -0.39 is 18.1 Å². The molecule has 2 N–H and O–H groups in total. The third-order valence-electron chi connectivity index (χ3n) is 4.59. The van der Waals surface area contributed by atoms with Gasteiger partial charge in [-0.3, -0.25) is 9.69 Å². The van der Waals surface area contributed by atoms with Crippen LogP contribution in [0.1, 0.15) is 17.2 Å². The van der Waals surface area contributed by atoms with Gasteiger partial charge in [-0.1, -0.05) is 72.3 Å². The molecule has 0 aromatic heterocycles. The Bertz CT molecular complexity index is 864. The molecular formula is C20H17ClN2O3S. The number of esters is 1. The van der Waals surface area contributed by atoms with Crippen molar-refractivity contribution >= 4 is 35.2 Å². The SMILES string of the molecule is NC1C(=O)N2C(C(=O)OC(c3ccccc3)c3ccccc3)=C(Cl)CS[C@H]12. The predicted molar refractivity (Wildman–Crippen MR) is 105 cm³/mol. The minimum atomic E-state index is -0.622. The number of rotatable bonds is 4. The number of hydrogen-bond acceptors (Lipinski definition) is 5. The fourth-order valence-corrected chi connectivity index (χ4v) is 4.71. The van der Waals surface area contributed by atoms with Crippen LogP contribution in [0.25, 0.3) is 0 Å². The Kier molecular flexibility index (Phi) is 4.95. The molecular weight excluding hydrogens is 384 g/mol. The maximum absolute atomic E-state index is 13.0. The molecule has 2 aromatic carbocycles. The largest absolute Gasteiger partial charge is 0.448 e. The molecule has 0 saturated carbocycles. The second-order valence-electron chi connectivity index (χ2n) is 6.30. The van der Waals surface area contributed by atoms with Crippen molar-refractivity contribution in [3.63, 3.8) is 0 Å². The fraction of sp³-hybridized carbons (Fsp3) is 0.200. The Morgan fingerprint density at radius 3 is 2.22 bits per heavy atom. The molecule has 5 nitrogen and oxygen atoms in total.